The summed E-state index contributed by atoms with van der Waals surface area (Å²) in [7, 11) is -4.25. The molecule has 0 aliphatic rings. The fraction of sp³-hybridized carbons (Fsp3) is 0.667. The molecule has 6 nitrogen and oxygen atoms in total. The van der Waals surface area contributed by atoms with E-state index in [-0.39, 0.29) is 22.8 Å². The van der Waals surface area contributed by atoms with Gasteiger partial charge in [0.25, 0.3) is 0 Å². The van der Waals surface area contributed by atoms with E-state index < -0.39 is 22.7 Å². The van der Waals surface area contributed by atoms with E-state index in [2.05, 4.69) is 5.10 Å². The standard InChI is InChI=1S/C9H15F3N4O2S/c1-6-8(7(2)16(15-6)4-3-13)19(17,18)14-5-9(10,11)12/h14H,3-5,13H2,1-2H3. The molecule has 1 aromatic rings. The number of hydrogen-bond acceptors (Lipinski definition) is 4. The van der Waals surface area contributed by atoms with E-state index >= 15 is 0 Å². The molecule has 0 spiro atoms. The normalized spacial score (nSPS) is 12.9. The number of aromatic nitrogens is 2. The zero-order valence-electron chi connectivity index (χ0n) is 10.5. The Hall–Kier alpha value is -1.13. The van der Waals surface area contributed by atoms with Gasteiger partial charge in [0.15, 0.2) is 0 Å². The van der Waals surface area contributed by atoms with Crippen LogP contribution in [0.25, 0.3) is 0 Å². The van der Waals surface area contributed by atoms with Gasteiger partial charge in [-0.2, -0.15) is 18.3 Å². The highest BCUT2D eigenvalue weighted by molar-refractivity contribution is 7.89. The number of alkyl halides is 3. The van der Waals surface area contributed by atoms with E-state index in [0.717, 1.165) is 0 Å². The van der Waals surface area contributed by atoms with Crippen LogP contribution in [0.15, 0.2) is 4.90 Å². The summed E-state index contributed by atoms with van der Waals surface area (Å²) in [6, 6.07) is 0. The Kier molecular flexibility index (Phi) is 4.59. The van der Waals surface area contributed by atoms with Gasteiger partial charge >= 0.3 is 6.18 Å². The molecule has 0 bridgehead atoms. The zero-order chi connectivity index (χ0) is 14.8. The summed E-state index contributed by atoms with van der Waals surface area (Å²) in [5.74, 6) is 0. The van der Waals surface area contributed by atoms with Crippen LogP contribution in [-0.4, -0.2) is 37.5 Å². The minimum Gasteiger partial charge on any atom is -0.329 e. The highest BCUT2D eigenvalue weighted by atomic mass is 32.2. The van der Waals surface area contributed by atoms with E-state index in [1.807, 2.05) is 0 Å². The summed E-state index contributed by atoms with van der Waals surface area (Å²) in [6.45, 7) is 1.81. The third-order valence-electron chi connectivity index (χ3n) is 2.39. The molecule has 0 aromatic carbocycles. The van der Waals surface area contributed by atoms with Crippen molar-refractivity contribution in [1.82, 2.24) is 14.5 Å². The maximum absolute atomic E-state index is 12.1. The Morgan fingerprint density at radius 3 is 2.42 bits per heavy atom. The Labute approximate surface area is 108 Å². The lowest BCUT2D eigenvalue weighted by molar-refractivity contribution is -0.121. The number of hydrogen-bond donors (Lipinski definition) is 2. The summed E-state index contributed by atoms with van der Waals surface area (Å²) in [5, 5.41) is 3.95. The topological polar surface area (TPSA) is 90.0 Å². The molecule has 19 heavy (non-hydrogen) atoms. The second-order valence-electron chi connectivity index (χ2n) is 3.95. The lowest BCUT2D eigenvalue weighted by atomic mass is 10.4. The molecule has 1 heterocycles. The predicted octanol–water partition coefficient (Wildman–Crippen LogP) is 0.299. The van der Waals surface area contributed by atoms with Crippen LogP contribution in [0.1, 0.15) is 11.4 Å². The fourth-order valence-electron chi connectivity index (χ4n) is 1.66. The van der Waals surface area contributed by atoms with Crippen LogP contribution in [0.2, 0.25) is 0 Å². The highest BCUT2D eigenvalue weighted by Crippen LogP contribution is 2.20. The van der Waals surface area contributed by atoms with Crippen LogP contribution in [-0.2, 0) is 16.6 Å². The third-order valence-corrected chi connectivity index (χ3v) is 4.04. The lowest BCUT2D eigenvalue weighted by Crippen LogP contribution is -2.34. The number of aryl methyl sites for hydroxylation is 1. The van der Waals surface area contributed by atoms with Crippen LogP contribution >= 0.6 is 0 Å². The predicted molar refractivity (Wildman–Crippen MR) is 62.0 cm³/mol. The lowest BCUT2D eigenvalue weighted by Gasteiger charge is -2.09. The molecular weight excluding hydrogens is 285 g/mol. The first-order valence-electron chi connectivity index (χ1n) is 5.39. The second kappa shape index (κ2) is 5.47. The molecule has 1 rings (SSSR count). The third kappa shape index (κ3) is 3.91. The van der Waals surface area contributed by atoms with Gasteiger partial charge in [0, 0.05) is 6.54 Å². The van der Waals surface area contributed by atoms with Crippen molar-refractivity contribution in [3.8, 4) is 0 Å². The second-order valence-corrected chi connectivity index (χ2v) is 5.66. The van der Waals surface area contributed by atoms with Crippen LogP contribution in [0.3, 0.4) is 0 Å². The number of halogens is 3. The van der Waals surface area contributed by atoms with Crippen molar-refractivity contribution in [1.29, 1.82) is 0 Å². The SMILES string of the molecule is Cc1nn(CCN)c(C)c1S(=O)(=O)NCC(F)(F)F. The molecule has 0 saturated heterocycles. The van der Waals surface area contributed by atoms with Crippen molar-refractivity contribution >= 4 is 10.0 Å². The van der Waals surface area contributed by atoms with Crippen molar-refractivity contribution in [2.75, 3.05) is 13.1 Å². The van der Waals surface area contributed by atoms with Gasteiger partial charge in [0.05, 0.1) is 17.9 Å². The van der Waals surface area contributed by atoms with Gasteiger partial charge < -0.3 is 5.73 Å². The minimum atomic E-state index is -4.61. The summed E-state index contributed by atoms with van der Waals surface area (Å²) in [5.41, 5.74) is 5.74. The Bertz CT molecular complexity index is 551. The van der Waals surface area contributed by atoms with E-state index in [0.29, 0.717) is 6.54 Å². The molecule has 0 fully saturated rings. The maximum atomic E-state index is 12.1. The van der Waals surface area contributed by atoms with Gasteiger partial charge in [-0.15, -0.1) is 0 Å². The van der Waals surface area contributed by atoms with Crippen LogP contribution in [0.5, 0.6) is 0 Å². The molecule has 0 aliphatic heterocycles. The summed E-state index contributed by atoms with van der Waals surface area (Å²) in [6.07, 6.45) is -4.61. The first kappa shape index (κ1) is 15.9. The van der Waals surface area contributed by atoms with Crippen molar-refractivity contribution in [2.24, 2.45) is 5.73 Å². The van der Waals surface area contributed by atoms with Crippen LogP contribution in [0.4, 0.5) is 13.2 Å². The van der Waals surface area contributed by atoms with Crippen molar-refractivity contribution in [3.63, 3.8) is 0 Å². The fourth-order valence-corrected chi connectivity index (χ4v) is 3.08. The number of nitrogens with one attached hydrogen (secondary N) is 1. The van der Waals surface area contributed by atoms with Crippen molar-refractivity contribution in [3.05, 3.63) is 11.4 Å². The number of rotatable bonds is 5. The summed E-state index contributed by atoms with van der Waals surface area (Å²) in [4.78, 5) is -0.231. The molecule has 0 aliphatic carbocycles. The van der Waals surface area contributed by atoms with Crippen molar-refractivity contribution < 1.29 is 21.6 Å². The Balaban J connectivity index is 3.08. The number of sulfonamides is 1. The molecule has 1 aromatic heterocycles. The van der Waals surface area contributed by atoms with Gasteiger partial charge in [-0.1, -0.05) is 0 Å². The molecule has 110 valence electrons. The molecule has 0 unspecified atom stereocenters. The van der Waals surface area contributed by atoms with Gasteiger partial charge in [0.1, 0.15) is 11.4 Å². The largest absolute Gasteiger partial charge is 0.402 e. The Morgan fingerprint density at radius 1 is 1.37 bits per heavy atom. The van der Waals surface area contributed by atoms with Crippen LogP contribution < -0.4 is 10.5 Å². The number of nitrogens with zero attached hydrogens (tertiary/aromatic N) is 2. The Morgan fingerprint density at radius 2 is 1.95 bits per heavy atom. The zero-order valence-corrected chi connectivity index (χ0v) is 11.3. The molecule has 0 saturated carbocycles. The summed E-state index contributed by atoms with van der Waals surface area (Å²) >= 11 is 0. The average molecular weight is 300 g/mol. The molecule has 0 radical (unpaired) electrons. The van der Waals surface area contributed by atoms with Crippen molar-refractivity contribution in [2.45, 2.75) is 31.5 Å². The monoisotopic (exact) mass is 300 g/mol. The minimum absolute atomic E-state index is 0.139. The smallest absolute Gasteiger partial charge is 0.329 e. The molecule has 0 amide bonds. The van der Waals surface area contributed by atoms with Gasteiger partial charge in [-0.25, -0.2) is 13.1 Å². The van der Waals surface area contributed by atoms with E-state index in [4.69, 9.17) is 5.73 Å². The van der Waals surface area contributed by atoms with Gasteiger partial charge in [0.2, 0.25) is 10.0 Å². The molecule has 0 atom stereocenters. The van der Waals surface area contributed by atoms with Gasteiger partial charge in [-0.3, -0.25) is 4.68 Å². The first-order chi connectivity index (χ1) is 8.58. The molecule has 3 N–H and O–H groups in total. The molecular formula is C9H15F3N4O2S. The van der Waals surface area contributed by atoms with E-state index in [9.17, 15) is 21.6 Å². The highest BCUT2D eigenvalue weighted by Gasteiger charge is 2.32. The first-order valence-corrected chi connectivity index (χ1v) is 6.87. The average Bonchev–Trinajstić information content (AvgIpc) is 2.52. The number of nitrogens with two attached hydrogens (primary N) is 1. The molecule has 10 heteroatoms. The van der Waals surface area contributed by atoms with Crippen LogP contribution in [0, 0.1) is 13.8 Å². The van der Waals surface area contributed by atoms with E-state index in [1.54, 1.807) is 0 Å². The quantitative estimate of drug-likeness (QED) is 0.818. The van der Waals surface area contributed by atoms with E-state index in [1.165, 1.54) is 23.3 Å². The summed E-state index contributed by atoms with van der Waals surface area (Å²) < 4.78 is 62.8. The maximum Gasteiger partial charge on any atom is 0.402 e. The van der Waals surface area contributed by atoms with Gasteiger partial charge in [-0.05, 0) is 13.8 Å².